The Bertz CT molecular complexity index is 1200. The van der Waals surface area contributed by atoms with E-state index in [1.165, 1.54) is 10.8 Å². The summed E-state index contributed by atoms with van der Waals surface area (Å²) < 4.78 is 6.48. The lowest BCUT2D eigenvalue weighted by atomic mass is 9.95. The first kappa shape index (κ1) is 22.5. The number of aromatic nitrogens is 1. The Morgan fingerprint density at radius 1 is 1.06 bits per heavy atom. The summed E-state index contributed by atoms with van der Waals surface area (Å²) in [5.41, 5.74) is 2.94. The van der Waals surface area contributed by atoms with E-state index in [1.807, 2.05) is 36.4 Å². The number of benzene rings is 2. The molecule has 0 saturated heterocycles. The zero-order valence-electron chi connectivity index (χ0n) is 18.1. The monoisotopic (exact) mass is 446 g/mol. The van der Waals surface area contributed by atoms with Gasteiger partial charge in [0.25, 0.3) is 0 Å². The van der Waals surface area contributed by atoms with E-state index in [2.05, 4.69) is 4.90 Å². The van der Waals surface area contributed by atoms with E-state index in [1.54, 1.807) is 36.4 Å². The van der Waals surface area contributed by atoms with Crippen molar-refractivity contribution in [2.24, 2.45) is 0 Å². The molecule has 1 aromatic heterocycles. The minimum atomic E-state index is -1.02. The maximum Gasteiger partial charge on any atom is 0.416 e. The van der Waals surface area contributed by atoms with Gasteiger partial charge < -0.3 is 14.9 Å². The molecule has 4 rings (SSSR count). The van der Waals surface area contributed by atoms with Crippen LogP contribution in [0, 0.1) is 0 Å². The Hall–Kier alpha value is -3.68. The predicted molar refractivity (Wildman–Crippen MR) is 125 cm³/mol. The van der Waals surface area contributed by atoms with Crippen molar-refractivity contribution >= 4 is 23.0 Å². The second kappa shape index (κ2) is 10.3. The van der Waals surface area contributed by atoms with Gasteiger partial charge in [-0.05, 0) is 42.7 Å². The van der Waals surface area contributed by atoms with Crippen LogP contribution in [0.5, 0.6) is 0 Å². The molecule has 3 aromatic rings. The molecule has 0 aliphatic carbocycles. The minimum absolute atomic E-state index is 0.0409. The quantitative estimate of drug-likeness (QED) is 0.318. The molecule has 0 fully saturated rings. The minimum Gasteiger partial charge on any atom is -0.464 e. The Morgan fingerprint density at radius 3 is 2.58 bits per heavy atom. The number of rotatable bonds is 7. The van der Waals surface area contributed by atoms with Gasteiger partial charge in [-0.2, -0.15) is 0 Å². The highest BCUT2D eigenvalue weighted by molar-refractivity contribution is 5.93. The van der Waals surface area contributed by atoms with Gasteiger partial charge in [0.2, 0.25) is 0 Å². The second-order valence-electron chi connectivity index (χ2n) is 7.80. The number of aliphatic hydroxyl groups excluding tert-OH is 1. The first-order chi connectivity index (χ1) is 16.1. The lowest BCUT2D eigenvalue weighted by Crippen LogP contribution is -2.37. The van der Waals surface area contributed by atoms with Crippen molar-refractivity contribution in [1.82, 2.24) is 9.47 Å². The molecule has 1 atom stereocenters. The molecule has 0 radical (unpaired) electrons. The van der Waals surface area contributed by atoms with Crippen molar-refractivity contribution in [3.63, 3.8) is 0 Å². The fraction of sp³-hybridized carbons (Fsp3) is 0.231. The first-order valence-corrected chi connectivity index (χ1v) is 10.9. The van der Waals surface area contributed by atoms with Gasteiger partial charge in [0.1, 0.15) is 0 Å². The van der Waals surface area contributed by atoms with Crippen LogP contribution < -0.4 is 0 Å². The number of carbonyl (C=O) groups is 2. The molecule has 0 amide bonds. The molecule has 2 N–H and O–H groups in total. The zero-order valence-corrected chi connectivity index (χ0v) is 18.1. The number of esters is 1. The third kappa shape index (κ3) is 4.74. The van der Waals surface area contributed by atoms with Crippen LogP contribution in [0.25, 0.3) is 10.9 Å². The largest absolute Gasteiger partial charge is 0.464 e. The average Bonchev–Trinajstić information content (AvgIpc) is 3.18. The standard InChI is InChI=1S/C26H26N2O5/c29-17-14-23-24-21(20-11-5-6-12-22(20)28(24)26(31)32)13-16-27(23)15-7-2-8-18-33-25(30)19-9-3-1-4-10-19/h1-12,18,23,29H,13-17H2,(H,31,32). The Labute approximate surface area is 191 Å². The van der Waals surface area contributed by atoms with Gasteiger partial charge in [-0.25, -0.2) is 14.2 Å². The van der Waals surface area contributed by atoms with Crippen molar-refractivity contribution in [2.45, 2.75) is 18.9 Å². The van der Waals surface area contributed by atoms with Crippen molar-refractivity contribution in [1.29, 1.82) is 0 Å². The number of carboxylic acid groups (broad SMARTS) is 1. The number of para-hydroxylation sites is 1. The Morgan fingerprint density at radius 2 is 1.82 bits per heavy atom. The zero-order chi connectivity index (χ0) is 23.2. The molecular formula is C26H26N2O5. The molecule has 0 spiro atoms. The van der Waals surface area contributed by atoms with E-state index in [4.69, 9.17) is 4.74 Å². The summed E-state index contributed by atoms with van der Waals surface area (Å²) in [6.07, 6.45) is 6.85. The molecule has 0 bridgehead atoms. The highest BCUT2D eigenvalue weighted by Gasteiger charge is 2.33. The van der Waals surface area contributed by atoms with Gasteiger partial charge in [0.15, 0.2) is 0 Å². The number of carbonyl (C=O) groups excluding carboxylic acids is 1. The smallest absolute Gasteiger partial charge is 0.416 e. The van der Waals surface area contributed by atoms with Crippen LogP contribution in [0.2, 0.25) is 0 Å². The van der Waals surface area contributed by atoms with Crippen LogP contribution in [0.4, 0.5) is 4.79 Å². The summed E-state index contributed by atoms with van der Waals surface area (Å²) in [7, 11) is 0. The number of ether oxygens (including phenoxy) is 1. The normalized spacial score (nSPS) is 16.5. The van der Waals surface area contributed by atoms with Crippen molar-refractivity contribution < 1.29 is 24.5 Å². The summed E-state index contributed by atoms with van der Waals surface area (Å²) >= 11 is 0. The molecule has 7 nitrogen and oxygen atoms in total. The maximum atomic E-state index is 12.1. The summed E-state index contributed by atoms with van der Waals surface area (Å²) in [4.78, 5) is 26.2. The Kier molecular flexibility index (Phi) is 7.02. The van der Waals surface area contributed by atoms with Gasteiger partial charge >= 0.3 is 12.1 Å². The highest BCUT2D eigenvalue weighted by Crippen LogP contribution is 2.38. The molecule has 33 heavy (non-hydrogen) atoms. The predicted octanol–water partition coefficient (Wildman–Crippen LogP) is 4.38. The van der Waals surface area contributed by atoms with Crippen molar-refractivity contribution in [3.8, 4) is 0 Å². The highest BCUT2D eigenvalue weighted by atomic mass is 16.5. The fourth-order valence-corrected chi connectivity index (χ4v) is 4.45. The summed E-state index contributed by atoms with van der Waals surface area (Å²) in [5, 5.41) is 20.6. The molecule has 1 aliphatic heterocycles. The molecule has 1 aliphatic rings. The summed E-state index contributed by atoms with van der Waals surface area (Å²) in [5.74, 6) is -0.423. The molecular weight excluding hydrogens is 420 g/mol. The van der Waals surface area contributed by atoms with E-state index < -0.39 is 12.1 Å². The lowest BCUT2D eigenvalue weighted by molar-refractivity contribution is 0.0663. The number of hydrogen-bond acceptors (Lipinski definition) is 5. The molecule has 0 saturated carbocycles. The van der Waals surface area contributed by atoms with Crippen LogP contribution >= 0.6 is 0 Å². The SMILES string of the molecule is O=C(OC=CC=CCN1CCc2c(n(C(=O)O)c3ccccc23)C1CCO)c1ccccc1. The van der Waals surface area contributed by atoms with E-state index in [9.17, 15) is 19.8 Å². The average molecular weight is 447 g/mol. The second-order valence-corrected chi connectivity index (χ2v) is 7.80. The van der Waals surface area contributed by atoms with Crippen molar-refractivity contribution in [3.05, 3.63) is 95.9 Å². The molecule has 7 heteroatoms. The summed E-state index contributed by atoms with van der Waals surface area (Å²) in [6.45, 7) is 1.28. The topological polar surface area (TPSA) is 92.0 Å². The van der Waals surface area contributed by atoms with Crippen molar-refractivity contribution in [2.75, 3.05) is 19.7 Å². The Balaban J connectivity index is 1.47. The first-order valence-electron chi connectivity index (χ1n) is 10.9. The molecule has 2 heterocycles. The third-order valence-electron chi connectivity index (χ3n) is 5.87. The van der Waals surface area contributed by atoms with Crippen LogP contribution in [0.15, 0.2) is 79.1 Å². The number of hydrogen-bond donors (Lipinski definition) is 2. The molecule has 2 aromatic carbocycles. The van der Waals surface area contributed by atoms with Gasteiger partial charge in [0.05, 0.1) is 29.1 Å². The van der Waals surface area contributed by atoms with Crippen LogP contribution in [-0.4, -0.2) is 51.4 Å². The third-order valence-corrected chi connectivity index (χ3v) is 5.87. The van der Waals surface area contributed by atoms with Crippen LogP contribution in [0.3, 0.4) is 0 Å². The maximum absolute atomic E-state index is 12.1. The van der Waals surface area contributed by atoms with E-state index >= 15 is 0 Å². The lowest BCUT2D eigenvalue weighted by Gasteiger charge is -2.35. The van der Waals surface area contributed by atoms with Crippen LogP contribution in [-0.2, 0) is 11.2 Å². The van der Waals surface area contributed by atoms with Gasteiger partial charge in [0, 0.05) is 25.1 Å². The van der Waals surface area contributed by atoms with Crippen LogP contribution in [0.1, 0.15) is 34.1 Å². The van der Waals surface area contributed by atoms with E-state index in [0.717, 1.165) is 29.6 Å². The van der Waals surface area contributed by atoms with Gasteiger partial charge in [-0.3, -0.25) is 4.90 Å². The van der Waals surface area contributed by atoms with Gasteiger partial charge in [-0.1, -0.05) is 48.6 Å². The van der Waals surface area contributed by atoms with E-state index in [-0.39, 0.29) is 12.6 Å². The number of nitrogens with zero attached hydrogens (tertiary/aromatic N) is 2. The van der Waals surface area contributed by atoms with Gasteiger partial charge in [-0.15, -0.1) is 0 Å². The molecule has 1 unspecified atom stereocenters. The summed E-state index contributed by atoms with van der Waals surface area (Å²) in [6, 6.07) is 16.1. The van der Waals surface area contributed by atoms with E-state index in [0.29, 0.717) is 24.0 Å². The number of fused-ring (bicyclic) bond motifs is 3. The fourth-order valence-electron chi connectivity index (χ4n) is 4.45. The number of allylic oxidation sites excluding steroid dienone is 2. The molecule has 170 valence electrons. The number of aliphatic hydroxyl groups is 1.